The molecule has 0 fully saturated rings. The number of amides is 1. The van der Waals surface area contributed by atoms with Crippen LogP contribution in [0.5, 0.6) is 0 Å². The van der Waals surface area contributed by atoms with Crippen LogP contribution >= 0.6 is 11.3 Å². The Morgan fingerprint density at radius 3 is 2.45 bits per heavy atom. The van der Waals surface area contributed by atoms with Gasteiger partial charge in [-0.25, -0.2) is 4.98 Å². The van der Waals surface area contributed by atoms with Crippen LogP contribution in [0.3, 0.4) is 0 Å². The number of nitrogens with one attached hydrogen (secondary N) is 1. The number of nitrogens with zero attached hydrogens (tertiary/aromatic N) is 1. The Bertz CT molecular complexity index is 1350. The summed E-state index contributed by atoms with van der Waals surface area (Å²) in [5, 5.41) is 8.34. The lowest BCUT2D eigenvalue weighted by molar-refractivity contribution is -0.115. The standard InChI is InChI=1S/C27H20N2OS/c30-26(17-21-12-6-11-19-8-4-5-15-24(19)21)28-23-14-7-13-22(16-23)25-18-31-27(29-25)20-9-2-1-3-10-20/h1-16,18H,17H2,(H,28,30). The van der Waals surface area contributed by atoms with Crippen LogP contribution in [0.1, 0.15) is 5.56 Å². The molecule has 1 aromatic heterocycles. The second kappa shape index (κ2) is 8.54. The minimum atomic E-state index is -0.0308. The molecule has 1 N–H and O–H groups in total. The summed E-state index contributed by atoms with van der Waals surface area (Å²) in [6.07, 6.45) is 0.334. The Morgan fingerprint density at radius 1 is 0.806 bits per heavy atom. The molecule has 0 aliphatic carbocycles. The third kappa shape index (κ3) is 4.25. The van der Waals surface area contributed by atoms with E-state index in [0.717, 1.165) is 43.9 Å². The Morgan fingerprint density at radius 2 is 1.55 bits per heavy atom. The monoisotopic (exact) mass is 420 g/mol. The molecule has 5 aromatic rings. The van der Waals surface area contributed by atoms with Crippen molar-refractivity contribution in [3.05, 3.63) is 108 Å². The first-order chi connectivity index (χ1) is 15.3. The molecule has 0 aliphatic heterocycles. The Hall–Kier alpha value is -3.76. The molecule has 0 radical (unpaired) electrons. The molecule has 0 spiro atoms. The number of hydrogen-bond donors (Lipinski definition) is 1. The zero-order chi connectivity index (χ0) is 21.0. The van der Waals surface area contributed by atoms with E-state index in [1.165, 1.54) is 0 Å². The fourth-order valence-electron chi connectivity index (χ4n) is 3.70. The summed E-state index contributed by atoms with van der Waals surface area (Å²) in [4.78, 5) is 17.5. The van der Waals surface area contributed by atoms with Gasteiger partial charge in [-0.1, -0.05) is 84.9 Å². The predicted molar refractivity (Wildman–Crippen MR) is 129 cm³/mol. The van der Waals surface area contributed by atoms with Crippen molar-refractivity contribution in [2.75, 3.05) is 5.32 Å². The van der Waals surface area contributed by atoms with Crippen LogP contribution in [0.25, 0.3) is 32.6 Å². The summed E-state index contributed by atoms with van der Waals surface area (Å²) in [7, 11) is 0. The normalized spacial score (nSPS) is 10.8. The number of thiazole rings is 1. The summed E-state index contributed by atoms with van der Waals surface area (Å²) < 4.78 is 0. The van der Waals surface area contributed by atoms with Gasteiger partial charge in [0.2, 0.25) is 5.91 Å². The van der Waals surface area contributed by atoms with Crippen molar-refractivity contribution in [3.8, 4) is 21.8 Å². The highest BCUT2D eigenvalue weighted by atomic mass is 32.1. The SMILES string of the molecule is O=C(Cc1cccc2ccccc12)Nc1cccc(-c2csc(-c3ccccc3)n2)c1. The number of anilines is 1. The highest BCUT2D eigenvalue weighted by Crippen LogP contribution is 2.30. The molecule has 0 bridgehead atoms. The highest BCUT2D eigenvalue weighted by molar-refractivity contribution is 7.13. The van der Waals surface area contributed by atoms with Crippen LogP contribution in [-0.4, -0.2) is 10.9 Å². The number of carbonyl (C=O) groups excluding carboxylic acids is 1. The van der Waals surface area contributed by atoms with Gasteiger partial charge in [-0.3, -0.25) is 4.79 Å². The minimum Gasteiger partial charge on any atom is -0.326 e. The van der Waals surface area contributed by atoms with E-state index < -0.39 is 0 Å². The molecular formula is C27H20N2OS. The molecule has 31 heavy (non-hydrogen) atoms. The summed E-state index contributed by atoms with van der Waals surface area (Å²) in [5.41, 5.74) is 4.81. The van der Waals surface area contributed by atoms with Gasteiger partial charge < -0.3 is 5.32 Å². The molecule has 4 heteroatoms. The molecule has 1 amide bonds. The second-order valence-electron chi connectivity index (χ2n) is 7.35. The molecule has 0 unspecified atom stereocenters. The molecule has 3 nitrogen and oxygen atoms in total. The molecular weight excluding hydrogens is 400 g/mol. The van der Waals surface area contributed by atoms with Crippen LogP contribution in [0.4, 0.5) is 5.69 Å². The van der Waals surface area contributed by atoms with E-state index in [1.807, 2.05) is 66.7 Å². The Kier molecular flexibility index (Phi) is 5.29. The number of benzene rings is 4. The second-order valence-corrected chi connectivity index (χ2v) is 8.21. The minimum absolute atomic E-state index is 0.0308. The van der Waals surface area contributed by atoms with Gasteiger partial charge in [0, 0.05) is 22.2 Å². The third-order valence-electron chi connectivity index (χ3n) is 5.20. The Labute approximate surface area is 185 Å². The van der Waals surface area contributed by atoms with Gasteiger partial charge in [-0.2, -0.15) is 0 Å². The quantitative estimate of drug-likeness (QED) is 0.339. The number of carbonyl (C=O) groups is 1. The van der Waals surface area contributed by atoms with Crippen LogP contribution in [0.2, 0.25) is 0 Å². The fourth-order valence-corrected chi connectivity index (χ4v) is 4.54. The van der Waals surface area contributed by atoms with Crippen molar-refractivity contribution < 1.29 is 4.79 Å². The number of fused-ring (bicyclic) bond motifs is 1. The van der Waals surface area contributed by atoms with Gasteiger partial charge in [0.05, 0.1) is 12.1 Å². The molecule has 4 aromatic carbocycles. The maximum absolute atomic E-state index is 12.7. The lowest BCUT2D eigenvalue weighted by Gasteiger charge is -2.09. The van der Waals surface area contributed by atoms with Crippen molar-refractivity contribution in [3.63, 3.8) is 0 Å². The summed E-state index contributed by atoms with van der Waals surface area (Å²) in [5.74, 6) is -0.0308. The van der Waals surface area contributed by atoms with E-state index in [9.17, 15) is 4.79 Å². The molecule has 0 atom stereocenters. The van der Waals surface area contributed by atoms with Gasteiger partial charge >= 0.3 is 0 Å². The van der Waals surface area contributed by atoms with Crippen molar-refractivity contribution in [1.29, 1.82) is 0 Å². The molecule has 0 aliphatic rings. The van der Waals surface area contributed by atoms with Gasteiger partial charge in [0.1, 0.15) is 5.01 Å². The summed E-state index contributed by atoms with van der Waals surface area (Å²) >= 11 is 1.62. The highest BCUT2D eigenvalue weighted by Gasteiger charge is 2.10. The Balaban J connectivity index is 1.34. The van der Waals surface area contributed by atoms with E-state index in [2.05, 4.69) is 41.0 Å². The maximum Gasteiger partial charge on any atom is 0.228 e. The lowest BCUT2D eigenvalue weighted by Crippen LogP contribution is -2.14. The summed E-state index contributed by atoms with van der Waals surface area (Å²) in [6, 6.07) is 32.2. The van der Waals surface area contributed by atoms with Crippen LogP contribution in [-0.2, 0) is 11.2 Å². The van der Waals surface area contributed by atoms with Crippen LogP contribution in [0.15, 0.2) is 102 Å². The third-order valence-corrected chi connectivity index (χ3v) is 6.09. The lowest BCUT2D eigenvalue weighted by atomic mass is 10.0. The van der Waals surface area contributed by atoms with E-state index in [-0.39, 0.29) is 5.91 Å². The first-order valence-electron chi connectivity index (χ1n) is 10.1. The van der Waals surface area contributed by atoms with Gasteiger partial charge in [0.15, 0.2) is 0 Å². The van der Waals surface area contributed by atoms with E-state index in [4.69, 9.17) is 4.98 Å². The molecule has 1 heterocycles. The van der Waals surface area contributed by atoms with E-state index in [0.29, 0.717) is 6.42 Å². The van der Waals surface area contributed by atoms with E-state index >= 15 is 0 Å². The summed E-state index contributed by atoms with van der Waals surface area (Å²) in [6.45, 7) is 0. The van der Waals surface area contributed by atoms with Crippen molar-refractivity contribution in [1.82, 2.24) is 4.98 Å². The van der Waals surface area contributed by atoms with Crippen molar-refractivity contribution in [2.24, 2.45) is 0 Å². The fraction of sp³-hybridized carbons (Fsp3) is 0.0370. The topological polar surface area (TPSA) is 42.0 Å². The first kappa shape index (κ1) is 19.2. The molecule has 0 saturated carbocycles. The van der Waals surface area contributed by atoms with Gasteiger partial charge in [-0.15, -0.1) is 11.3 Å². The maximum atomic E-state index is 12.7. The van der Waals surface area contributed by atoms with Crippen molar-refractivity contribution in [2.45, 2.75) is 6.42 Å². The number of aromatic nitrogens is 1. The number of rotatable bonds is 5. The van der Waals surface area contributed by atoms with Crippen molar-refractivity contribution >= 4 is 33.7 Å². The largest absolute Gasteiger partial charge is 0.326 e. The molecule has 0 saturated heterocycles. The zero-order valence-corrected chi connectivity index (χ0v) is 17.6. The predicted octanol–water partition coefficient (Wildman–Crippen LogP) is 6.81. The molecule has 150 valence electrons. The van der Waals surface area contributed by atoms with Crippen LogP contribution < -0.4 is 5.32 Å². The van der Waals surface area contributed by atoms with Crippen LogP contribution in [0, 0.1) is 0 Å². The average molecular weight is 421 g/mol. The average Bonchev–Trinajstić information content (AvgIpc) is 3.31. The zero-order valence-electron chi connectivity index (χ0n) is 16.8. The smallest absolute Gasteiger partial charge is 0.228 e. The van der Waals surface area contributed by atoms with E-state index in [1.54, 1.807) is 11.3 Å². The van der Waals surface area contributed by atoms with Gasteiger partial charge in [0.25, 0.3) is 0 Å². The van der Waals surface area contributed by atoms with Gasteiger partial charge in [-0.05, 0) is 28.5 Å². The molecule has 5 rings (SSSR count). The number of hydrogen-bond acceptors (Lipinski definition) is 3. The first-order valence-corrected chi connectivity index (χ1v) is 11.0.